The monoisotopic (exact) mass is 517 g/mol. The number of nitrogens with one attached hydrogen (secondary N) is 1. The van der Waals surface area contributed by atoms with Crippen molar-refractivity contribution in [2.24, 2.45) is 0 Å². The summed E-state index contributed by atoms with van der Waals surface area (Å²) in [4.78, 5) is 17.1. The first-order valence-electron chi connectivity index (χ1n) is 13.1. The van der Waals surface area contributed by atoms with Crippen molar-refractivity contribution in [2.45, 2.75) is 58.9 Å². The van der Waals surface area contributed by atoms with Crippen LogP contribution in [-0.2, 0) is 24.2 Å². The molecule has 5 nitrogen and oxygen atoms in total. The molecular weight excluding hydrogens is 482 g/mol. The van der Waals surface area contributed by atoms with Crippen molar-refractivity contribution >= 4 is 28.5 Å². The number of nitrogens with zero attached hydrogens (tertiary/aromatic N) is 2. The Morgan fingerprint density at radius 1 is 0.973 bits per heavy atom. The fourth-order valence-electron chi connectivity index (χ4n) is 4.50. The normalized spacial score (nSPS) is 11.1. The molecule has 4 aromatic rings. The van der Waals surface area contributed by atoms with Crippen LogP contribution in [0.5, 0.6) is 5.75 Å². The zero-order valence-electron chi connectivity index (χ0n) is 21.8. The summed E-state index contributed by atoms with van der Waals surface area (Å²) in [6.45, 7) is 6.42. The molecule has 0 atom stereocenters. The number of halogens is 1. The third kappa shape index (κ3) is 7.83. The molecule has 1 N–H and O–H groups in total. The quantitative estimate of drug-likeness (QED) is 0.197. The SMILES string of the molecule is Cc1ccc(C)c(OCCCn2c(CCCCCNC(=O)Cc3ccc(Cl)cc3)nc3ccccc32)c1. The molecule has 0 bridgehead atoms. The van der Waals surface area contributed by atoms with Gasteiger partial charge >= 0.3 is 0 Å². The molecule has 0 spiro atoms. The van der Waals surface area contributed by atoms with Gasteiger partial charge in [-0.15, -0.1) is 0 Å². The second-order valence-corrected chi connectivity index (χ2v) is 10.0. The Kier molecular flexibility index (Phi) is 9.61. The molecule has 0 saturated heterocycles. The fraction of sp³-hybridized carbons (Fsp3) is 0.355. The van der Waals surface area contributed by atoms with Gasteiger partial charge in [0.1, 0.15) is 11.6 Å². The van der Waals surface area contributed by atoms with Crippen molar-refractivity contribution in [3.63, 3.8) is 0 Å². The second-order valence-electron chi connectivity index (χ2n) is 9.60. The van der Waals surface area contributed by atoms with E-state index >= 15 is 0 Å². The minimum Gasteiger partial charge on any atom is -0.493 e. The smallest absolute Gasteiger partial charge is 0.224 e. The molecule has 3 aromatic carbocycles. The number of unbranched alkanes of at least 4 members (excludes halogenated alkanes) is 2. The molecule has 0 unspecified atom stereocenters. The van der Waals surface area contributed by atoms with E-state index < -0.39 is 0 Å². The number of rotatable bonds is 13. The molecule has 0 fully saturated rings. The minimum absolute atomic E-state index is 0.0483. The number of hydrogen-bond acceptors (Lipinski definition) is 3. The molecule has 0 aliphatic carbocycles. The first-order valence-corrected chi connectivity index (χ1v) is 13.5. The number of aryl methyl sites for hydroxylation is 4. The van der Waals surface area contributed by atoms with Crippen LogP contribution < -0.4 is 10.1 Å². The van der Waals surface area contributed by atoms with E-state index in [0.717, 1.165) is 61.3 Å². The Morgan fingerprint density at radius 2 is 1.78 bits per heavy atom. The lowest BCUT2D eigenvalue weighted by molar-refractivity contribution is -0.120. The molecule has 6 heteroatoms. The predicted molar refractivity (Wildman–Crippen MR) is 151 cm³/mol. The van der Waals surface area contributed by atoms with E-state index in [2.05, 4.69) is 60.1 Å². The number of carbonyl (C=O) groups excluding carboxylic acids is 1. The lowest BCUT2D eigenvalue weighted by Gasteiger charge is -2.12. The second kappa shape index (κ2) is 13.3. The summed E-state index contributed by atoms with van der Waals surface area (Å²) in [6.07, 6.45) is 5.26. The molecule has 194 valence electrons. The van der Waals surface area contributed by atoms with Crippen molar-refractivity contribution in [1.82, 2.24) is 14.9 Å². The van der Waals surface area contributed by atoms with E-state index in [1.807, 2.05) is 30.3 Å². The van der Waals surface area contributed by atoms with Crippen LogP contribution in [0.15, 0.2) is 66.7 Å². The van der Waals surface area contributed by atoms with Gasteiger partial charge in [-0.05, 0) is 80.1 Å². The highest BCUT2D eigenvalue weighted by molar-refractivity contribution is 6.30. The first-order chi connectivity index (χ1) is 18.0. The summed E-state index contributed by atoms with van der Waals surface area (Å²) >= 11 is 5.91. The zero-order valence-corrected chi connectivity index (χ0v) is 22.6. The molecular formula is C31H36ClN3O2. The Balaban J connectivity index is 1.22. The Hall–Kier alpha value is -3.31. The maximum Gasteiger partial charge on any atom is 0.224 e. The third-order valence-electron chi connectivity index (χ3n) is 6.54. The van der Waals surface area contributed by atoms with Crippen molar-refractivity contribution in [3.8, 4) is 5.75 Å². The van der Waals surface area contributed by atoms with E-state index in [0.29, 0.717) is 24.6 Å². The molecule has 0 saturated carbocycles. The number of amides is 1. The average Bonchev–Trinajstić information content (AvgIpc) is 3.24. The summed E-state index contributed by atoms with van der Waals surface area (Å²) < 4.78 is 8.42. The van der Waals surface area contributed by atoms with Gasteiger partial charge in [-0.2, -0.15) is 0 Å². The fourth-order valence-corrected chi connectivity index (χ4v) is 4.62. The molecule has 0 aliphatic rings. The van der Waals surface area contributed by atoms with Crippen LogP contribution in [0.1, 0.15) is 48.2 Å². The van der Waals surface area contributed by atoms with E-state index in [1.54, 1.807) is 0 Å². The van der Waals surface area contributed by atoms with Gasteiger partial charge in [-0.3, -0.25) is 4.79 Å². The van der Waals surface area contributed by atoms with Crippen LogP contribution in [0, 0.1) is 13.8 Å². The van der Waals surface area contributed by atoms with E-state index in [9.17, 15) is 4.79 Å². The Labute approximate surface area is 224 Å². The molecule has 0 radical (unpaired) electrons. The van der Waals surface area contributed by atoms with E-state index in [-0.39, 0.29) is 5.91 Å². The first kappa shape index (κ1) is 26.7. The summed E-state index contributed by atoms with van der Waals surface area (Å²) in [5, 5.41) is 3.71. The average molecular weight is 518 g/mol. The van der Waals surface area contributed by atoms with Crippen LogP contribution >= 0.6 is 11.6 Å². The highest BCUT2D eigenvalue weighted by Crippen LogP contribution is 2.21. The third-order valence-corrected chi connectivity index (χ3v) is 6.79. The number of imidazole rings is 1. The van der Waals surface area contributed by atoms with Gasteiger partial charge in [0, 0.05) is 24.5 Å². The summed E-state index contributed by atoms with van der Waals surface area (Å²) in [5.74, 6) is 2.14. The van der Waals surface area contributed by atoms with Crippen LogP contribution in [0.4, 0.5) is 0 Å². The van der Waals surface area contributed by atoms with E-state index in [4.69, 9.17) is 21.3 Å². The maximum atomic E-state index is 12.2. The lowest BCUT2D eigenvalue weighted by Crippen LogP contribution is -2.26. The van der Waals surface area contributed by atoms with Gasteiger partial charge in [0.2, 0.25) is 5.91 Å². The topological polar surface area (TPSA) is 56.1 Å². The lowest BCUT2D eigenvalue weighted by atomic mass is 10.1. The largest absolute Gasteiger partial charge is 0.493 e. The number of ether oxygens (including phenoxy) is 1. The highest BCUT2D eigenvalue weighted by atomic mass is 35.5. The van der Waals surface area contributed by atoms with Crippen LogP contribution in [0.2, 0.25) is 5.02 Å². The Bertz CT molecular complexity index is 1310. The van der Waals surface area contributed by atoms with E-state index in [1.165, 1.54) is 16.6 Å². The summed E-state index contributed by atoms with van der Waals surface area (Å²) in [5.41, 5.74) is 5.58. The van der Waals surface area contributed by atoms with Crippen LogP contribution in [0.3, 0.4) is 0 Å². The van der Waals surface area contributed by atoms with Gasteiger partial charge in [0.25, 0.3) is 0 Å². The molecule has 0 aliphatic heterocycles. The van der Waals surface area contributed by atoms with Gasteiger partial charge in [0.05, 0.1) is 24.1 Å². The molecule has 1 amide bonds. The van der Waals surface area contributed by atoms with Crippen molar-refractivity contribution in [1.29, 1.82) is 0 Å². The summed E-state index contributed by atoms with van der Waals surface area (Å²) in [7, 11) is 0. The van der Waals surface area contributed by atoms with Gasteiger partial charge < -0.3 is 14.6 Å². The highest BCUT2D eigenvalue weighted by Gasteiger charge is 2.11. The number of aromatic nitrogens is 2. The predicted octanol–water partition coefficient (Wildman–Crippen LogP) is 6.85. The molecule has 4 rings (SSSR count). The molecule has 1 aromatic heterocycles. The van der Waals surface area contributed by atoms with Gasteiger partial charge in [0.15, 0.2) is 0 Å². The number of fused-ring (bicyclic) bond motifs is 1. The van der Waals surface area contributed by atoms with Gasteiger partial charge in [-0.1, -0.05) is 54.4 Å². The number of hydrogen-bond donors (Lipinski definition) is 1. The number of benzene rings is 3. The number of para-hydroxylation sites is 2. The Morgan fingerprint density at radius 3 is 2.62 bits per heavy atom. The van der Waals surface area contributed by atoms with Crippen LogP contribution in [0.25, 0.3) is 11.0 Å². The summed E-state index contributed by atoms with van der Waals surface area (Å²) in [6, 6.07) is 22.1. The van der Waals surface area contributed by atoms with Gasteiger partial charge in [-0.25, -0.2) is 4.98 Å². The van der Waals surface area contributed by atoms with Crippen molar-refractivity contribution in [2.75, 3.05) is 13.2 Å². The van der Waals surface area contributed by atoms with Crippen molar-refractivity contribution in [3.05, 3.63) is 94.3 Å². The molecule has 37 heavy (non-hydrogen) atoms. The van der Waals surface area contributed by atoms with Crippen LogP contribution in [-0.4, -0.2) is 28.6 Å². The standard InChI is InChI=1S/C31H36ClN3O2/c1-23-12-13-24(2)29(21-23)37-20-8-19-35-28-10-6-5-9-27(28)34-30(35)11-4-3-7-18-33-31(36)22-25-14-16-26(32)17-15-25/h5-6,9-10,12-17,21H,3-4,7-8,11,18-20,22H2,1-2H3,(H,33,36). The minimum atomic E-state index is 0.0483. The maximum absolute atomic E-state index is 12.2. The molecule has 1 heterocycles. The van der Waals surface area contributed by atoms with Crippen molar-refractivity contribution < 1.29 is 9.53 Å². The zero-order chi connectivity index (χ0) is 26.0. The number of carbonyl (C=O) groups is 1.